The molecule has 98 valence electrons. The van der Waals surface area contributed by atoms with E-state index in [9.17, 15) is 4.79 Å². The SMILES string of the molecule is COC(=O)C(C)=CCOCCOc1ccccc1. The predicted molar refractivity (Wildman–Crippen MR) is 68.5 cm³/mol. The number of carbonyl (C=O) groups is 1. The predicted octanol–water partition coefficient (Wildman–Crippen LogP) is 2.20. The van der Waals surface area contributed by atoms with Gasteiger partial charge in [0.1, 0.15) is 12.4 Å². The van der Waals surface area contributed by atoms with Crippen LogP contribution in [0.5, 0.6) is 5.75 Å². The quantitative estimate of drug-likeness (QED) is 0.423. The van der Waals surface area contributed by atoms with Crippen LogP contribution in [-0.2, 0) is 14.3 Å². The van der Waals surface area contributed by atoms with E-state index < -0.39 is 0 Å². The van der Waals surface area contributed by atoms with Crippen molar-refractivity contribution < 1.29 is 19.0 Å². The van der Waals surface area contributed by atoms with E-state index in [1.807, 2.05) is 30.3 Å². The maximum Gasteiger partial charge on any atom is 0.333 e. The molecule has 0 aromatic heterocycles. The zero-order valence-corrected chi connectivity index (χ0v) is 10.7. The fraction of sp³-hybridized carbons (Fsp3) is 0.357. The molecule has 0 bridgehead atoms. The number of rotatable bonds is 7. The van der Waals surface area contributed by atoms with Crippen LogP contribution in [0.25, 0.3) is 0 Å². The largest absolute Gasteiger partial charge is 0.491 e. The van der Waals surface area contributed by atoms with Gasteiger partial charge in [-0.15, -0.1) is 0 Å². The van der Waals surface area contributed by atoms with E-state index in [0.717, 1.165) is 5.75 Å². The van der Waals surface area contributed by atoms with Crippen LogP contribution in [0.4, 0.5) is 0 Å². The van der Waals surface area contributed by atoms with Gasteiger partial charge in [0, 0.05) is 5.57 Å². The smallest absolute Gasteiger partial charge is 0.333 e. The Morgan fingerprint density at radius 2 is 1.94 bits per heavy atom. The summed E-state index contributed by atoms with van der Waals surface area (Å²) in [7, 11) is 1.36. The molecule has 0 aliphatic heterocycles. The summed E-state index contributed by atoms with van der Waals surface area (Å²) in [6, 6.07) is 9.55. The molecule has 0 N–H and O–H groups in total. The third kappa shape index (κ3) is 5.50. The van der Waals surface area contributed by atoms with Crippen molar-refractivity contribution in [3.63, 3.8) is 0 Å². The van der Waals surface area contributed by atoms with Crippen molar-refractivity contribution in [2.45, 2.75) is 6.92 Å². The summed E-state index contributed by atoms with van der Waals surface area (Å²) < 4.78 is 15.3. The number of carbonyl (C=O) groups excluding carboxylic acids is 1. The van der Waals surface area contributed by atoms with E-state index >= 15 is 0 Å². The van der Waals surface area contributed by atoms with Gasteiger partial charge in [0.25, 0.3) is 0 Å². The summed E-state index contributed by atoms with van der Waals surface area (Å²) in [6.45, 7) is 3.02. The molecule has 18 heavy (non-hydrogen) atoms. The van der Waals surface area contributed by atoms with Gasteiger partial charge in [0.2, 0.25) is 0 Å². The average molecular weight is 250 g/mol. The second-order valence-electron chi connectivity index (χ2n) is 3.62. The lowest BCUT2D eigenvalue weighted by Gasteiger charge is -2.05. The van der Waals surface area contributed by atoms with Crippen LogP contribution in [0.15, 0.2) is 42.0 Å². The summed E-state index contributed by atoms with van der Waals surface area (Å²) >= 11 is 0. The Balaban J connectivity index is 2.11. The Morgan fingerprint density at radius 1 is 1.22 bits per heavy atom. The van der Waals surface area contributed by atoms with Crippen molar-refractivity contribution in [1.82, 2.24) is 0 Å². The standard InChI is InChI=1S/C14H18O4/c1-12(14(15)16-2)8-9-17-10-11-18-13-6-4-3-5-7-13/h3-8H,9-11H2,1-2H3. The Labute approximate surface area is 107 Å². The Hall–Kier alpha value is -1.81. The van der Waals surface area contributed by atoms with Gasteiger partial charge in [-0.1, -0.05) is 18.2 Å². The van der Waals surface area contributed by atoms with Crippen LogP contribution < -0.4 is 4.74 Å². The highest BCUT2D eigenvalue weighted by molar-refractivity contribution is 5.87. The monoisotopic (exact) mass is 250 g/mol. The highest BCUT2D eigenvalue weighted by atomic mass is 16.5. The number of ether oxygens (including phenoxy) is 3. The van der Waals surface area contributed by atoms with E-state index in [2.05, 4.69) is 4.74 Å². The lowest BCUT2D eigenvalue weighted by Crippen LogP contribution is -2.08. The van der Waals surface area contributed by atoms with Gasteiger partial charge >= 0.3 is 5.97 Å². The highest BCUT2D eigenvalue weighted by Crippen LogP contribution is 2.07. The first kappa shape index (κ1) is 14.3. The Kier molecular flexibility index (Phi) is 6.58. The van der Waals surface area contributed by atoms with Gasteiger partial charge in [-0.3, -0.25) is 0 Å². The Bertz CT molecular complexity index is 384. The molecule has 0 radical (unpaired) electrons. The number of methoxy groups -OCH3 is 1. The highest BCUT2D eigenvalue weighted by Gasteiger charge is 2.01. The van der Waals surface area contributed by atoms with Crippen LogP contribution in [0.1, 0.15) is 6.92 Å². The minimum atomic E-state index is -0.334. The fourth-order valence-corrected chi connectivity index (χ4v) is 1.25. The molecule has 1 aromatic carbocycles. The van der Waals surface area contributed by atoms with Gasteiger partial charge in [-0.25, -0.2) is 4.79 Å². The zero-order valence-electron chi connectivity index (χ0n) is 10.7. The third-order valence-electron chi connectivity index (χ3n) is 2.25. The summed E-state index contributed by atoms with van der Waals surface area (Å²) in [5.41, 5.74) is 0.543. The minimum absolute atomic E-state index is 0.334. The molecule has 4 heteroatoms. The second-order valence-corrected chi connectivity index (χ2v) is 3.62. The number of benzene rings is 1. The van der Waals surface area contributed by atoms with Crippen molar-refractivity contribution in [3.8, 4) is 5.75 Å². The molecule has 0 unspecified atom stereocenters. The summed E-state index contributed by atoms with van der Waals surface area (Å²) in [4.78, 5) is 11.0. The number of hydrogen-bond acceptors (Lipinski definition) is 4. The maximum atomic E-state index is 11.0. The molecule has 4 nitrogen and oxygen atoms in total. The molecule has 0 aliphatic rings. The van der Waals surface area contributed by atoms with Crippen LogP contribution in [0.2, 0.25) is 0 Å². The first-order valence-corrected chi connectivity index (χ1v) is 5.74. The molecule has 0 saturated heterocycles. The minimum Gasteiger partial charge on any atom is -0.491 e. The topological polar surface area (TPSA) is 44.8 Å². The summed E-state index contributed by atoms with van der Waals surface area (Å²) in [5.74, 6) is 0.488. The van der Waals surface area contributed by atoms with Crippen LogP contribution in [-0.4, -0.2) is 32.9 Å². The third-order valence-corrected chi connectivity index (χ3v) is 2.25. The molecule has 1 aromatic rings. The summed E-state index contributed by atoms with van der Waals surface area (Å²) in [5, 5.41) is 0. The van der Waals surface area contributed by atoms with Crippen molar-refractivity contribution in [3.05, 3.63) is 42.0 Å². The molecule has 0 fully saturated rings. The lowest BCUT2D eigenvalue weighted by atomic mass is 10.3. The van der Waals surface area contributed by atoms with E-state index in [1.54, 1.807) is 13.0 Å². The van der Waals surface area contributed by atoms with Gasteiger partial charge in [-0.05, 0) is 25.1 Å². The van der Waals surface area contributed by atoms with E-state index in [1.165, 1.54) is 7.11 Å². The van der Waals surface area contributed by atoms with Gasteiger partial charge in [0.05, 0.1) is 20.3 Å². The van der Waals surface area contributed by atoms with Crippen LogP contribution in [0.3, 0.4) is 0 Å². The zero-order chi connectivity index (χ0) is 13.2. The second kappa shape index (κ2) is 8.31. The van der Waals surface area contributed by atoms with Crippen molar-refractivity contribution in [2.75, 3.05) is 26.9 Å². The molecule has 0 heterocycles. The fourth-order valence-electron chi connectivity index (χ4n) is 1.25. The normalized spacial score (nSPS) is 11.1. The first-order valence-electron chi connectivity index (χ1n) is 5.74. The molecule has 0 saturated carbocycles. The molecule has 0 atom stereocenters. The van der Waals surface area contributed by atoms with Crippen molar-refractivity contribution >= 4 is 5.97 Å². The van der Waals surface area contributed by atoms with Crippen molar-refractivity contribution in [2.24, 2.45) is 0 Å². The molecule has 0 aliphatic carbocycles. The van der Waals surface area contributed by atoms with Gasteiger partial charge in [-0.2, -0.15) is 0 Å². The summed E-state index contributed by atoms with van der Waals surface area (Å²) in [6.07, 6.45) is 1.69. The number of para-hydroxylation sites is 1. The maximum absolute atomic E-state index is 11.0. The Morgan fingerprint density at radius 3 is 2.61 bits per heavy atom. The average Bonchev–Trinajstić information content (AvgIpc) is 2.42. The molecular weight excluding hydrogens is 232 g/mol. The first-order chi connectivity index (χ1) is 8.74. The van der Waals surface area contributed by atoms with Crippen LogP contribution in [0, 0.1) is 0 Å². The molecule has 1 rings (SSSR count). The molecule has 0 amide bonds. The van der Waals surface area contributed by atoms with E-state index in [-0.39, 0.29) is 5.97 Å². The van der Waals surface area contributed by atoms with Gasteiger partial charge < -0.3 is 14.2 Å². The van der Waals surface area contributed by atoms with Crippen LogP contribution >= 0.6 is 0 Å². The molecular formula is C14H18O4. The molecule has 0 spiro atoms. The van der Waals surface area contributed by atoms with Crippen molar-refractivity contribution in [1.29, 1.82) is 0 Å². The lowest BCUT2D eigenvalue weighted by molar-refractivity contribution is -0.136. The number of hydrogen-bond donors (Lipinski definition) is 0. The van der Waals surface area contributed by atoms with E-state index in [0.29, 0.717) is 25.4 Å². The van der Waals surface area contributed by atoms with Gasteiger partial charge in [0.15, 0.2) is 0 Å². The number of esters is 1. The van der Waals surface area contributed by atoms with E-state index in [4.69, 9.17) is 9.47 Å².